The van der Waals surface area contributed by atoms with E-state index in [1.54, 1.807) is 0 Å². The van der Waals surface area contributed by atoms with Crippen molar-refractivity contribution in [2.24, 2.45) is 10.8 Å². The van der Waals surface area contributed by atoms with Crippen molar-refractivity contribution in [3.05, 3.63) is 34.4 Å². The fourth-order valence-corrected chi connectivity index (χ4v) is 3.85. The van der Waals surface area contributed by atoms with Crippen LogP contribution in [0, 0.1) is 17.8 Å². The summed E-state index contributed by atoms with van der Waals surface area (Å²) in [4.78, 5) is 0. The summed E-state index contributed by atoms with van der Waals surface area (Å²) < 4.78 is 0. The van der Waals surface area contributed by atoms with E-state index in [0.717, 1.165) is 12.8 Å². The molecular weight excluding hydrogens is 252 g/mol. The summed E-state index contributed by atoms with van der Waals surface area (Å²) in [7, 11) is 0. The molecular formula is C21H36. The van der Waals surface area contributed by atoms with Crippen LogP contribution in [0.4, 0.5) is 0 Å². The third-order valence-electron chi connectivity index (χ3n) is 5.96. The fourth-order valence-electron chi connectivity index (χ4n) is 3.85. The zero-order chi connectivity index (χ0) is 16.6. The maximum Gasteiger partial charge on any atom is 0.00218 e. The molecule has 0 N–H and O–H groups in total. The van der Waals surface area contributed by atoms with E-state index >= 15 is 0 Å². The molecule has 1 rings (SSSR count). The Morgan fingerprint density at radius 3 is 1.29 bits per heavy atom. The molecule has 0 radical (unpaired) electrons. The molecule has 0 atom stereocenters. The fraction of sp³-hybridized carbons (Fsp3) is 0.714. The van der Waals surface area contributed by atoms with Gasteiger partial charge in [0.25, 0.3) is 0 Å². The molecule has 0 heteroatoms. The van der Waals surface area contributed by atoms with Gasteiger partial charge < -0.3 is 0 Å². The van der Waals surface area contributed by atoms with E-state index < -0.39 is 0 Å². The lowest BCUT2D eigenvalue weighted by molar-refractivity contribution is 0.0693. The van der Waals surface area contributed by atoms with Gasteiger partial charge in [0.1, 0.15) is 0 Å². The summed E-state index contributed by atoms with van der Waals surface area (Å²) in [5.74, 6) is 0. The zero-order valence-electron chi connectivity index (χ0n) is 16.1. The van der Waals surface area contributed by atoms with Crippen molar-refractivity contribution in [3.8, 4) is 0 Å². The highest BCUT2D eigenvalue weighted by atomic mass is 14.5. The maximum absolute atomic E-state index is 2.48. The first-order chi connectivity index (χ1) is 9.40. The molecule has 0 nitrogen and oxygen atoms in total. The van der Waals surface area contributed by atoms with Crippen molar-refractivity contribution in [1.82, 2.24) is 0 Å². The Bertz CT molecular complexity index is 453. The van der Waals surface area contributed by atoms with Crippen molar-refractivity contribution in [1.29, 1.82) is 0 Å². The molecule has 0 amide bonds. The van der Waals surface area contributed by atoms with Gasteiger partial charge in [0.2, 0.25) is 0 Å². The van der Waals surface area contributed by atoms with Crippen molar-refractivity contribution >= 4 is 0 Å². The second kappa shape index (κ2) is 5.78. The number of benzene rings is 1. The van der Waals surface area contributed by atoms with E-state index in [1.165, 1.54) is 22.3 Å². The van der Waals surface area contributed by atoms with Gasteiger partial charge in [-0.2, -0.15) is 0 Å². The number of hydrogen-bond acceptors (Lipinski definition) is 0. The Balaban J connectivity index is 3.69. The highest BCUT2D eigenvalue weighted by molar-refractivity contribution is 5.43. The lowest BCUT2D eigenvalue weighted by Gasteiger charge is -2.52. The molecule has 1 aromatic rings. The van der Waals surface area contributed by atoms with Crippen LogP contribution in [0.3, 0.4) is 0 Å². The molecule has 0 aliphatic carbocycles. The smallest absolute Gasteiger partial charge is 0.00218 e. The van der Waals surface area contributed by atoms with Crippen LogP contribution in [-0.2, 0) is 18.3 Å². The minimum atomic E-state index is 0.140. The molecule has 0 aliphatic heterocycles. The predicted octanol–water partition coefficient (Wildman–Crippen LogP) is 6.47. The summed E-state index contributed by atoms with van der Waals surface area (Å²) in [6.45, 7) is 23.6. The molecule has 0 aliphatic rings. The number of hydrogen-bond donors (Lipinski definition) is 0. The molecule has 0 spiro atoms. The zero-order valence-corrected chi connectivity index (χ0v) is 16.1. The Morgan fingerprint density at radius 2 is 1.05 bits per heavy atom. The minimum absolute atomic E-state index is 0.140. The van der Waals surface area contributed by atoms with E-state index in [4.69, 9.17) is 0 Å². The molecule has 0 bridgehead atoms. The van der Waals surface area contributed by atoms with E-state index in [1.807, 2.05) is 0 Å². The third kappa shape index (κ3) is 3.05. The van der Waals surface area contributed by atoms with Crippen LogP contribution in [-0.4, -0.2) is 0 Å². The van der Waals surface area contributed by atoms with Gasteiger partial charge in [-0.15, -0.1) is 0 Å². The van der Waals surface area contributed by atoms with Gasteiger partial charge >= 0.3 is 0 Å². The van der Waals surface area contributed by atoms with Crippen LogP contribution in [0.15, 0.2) is 12.1 Å². The van der Waals surface area contributed by atoms with E-state index in [9.17, 15) is 0 Å². The molecule has 0 saturated carbocycles. The Morgan fingerprint density at radius 1 is 0.714 bits per heavy atom. The Hall–Kier alpha value is -0.780. The van der Waals surface area contributed by atoms with Gasteiger partial charge in [-0.25, -0.2) is 0 Å². The molecule has 21 heavy (non-hydrogen) atoms. The molecule has 0 heterocycles. The first-order valence-corrected chi connectivity index (χ1v) is 8.53. The molecule has 0 unspecified atom stereocenters. The Labute approximate surface area is 133 Å². The average molecular weight is 289 g/mol. The normalized spacial score (nSPS) is 13.6. The van der Waals surface area contributed by atoms with Crippen LogP contribution < -0.4 is 0 Å². The summed E-state index contributed by atoms with van der Waals surface area (Å²) in [5.41, 5.74) is 6.62. The first kappa shape index (κ1) is 18.3. The van der Waals surface area contributed by atoms with Crippen LogP contribution in [0.2, 0.25) is 0 Å². The van der Waals surface area contributed by atoms with E-state index in [0.29, 0.717) is 0 Å². The molecule has 120 valence electrons. The SMILES string of the molecule is CCc1cc(C(C)(C(C)(C)C)C(C)(C)C)cc(CC)c1C. The van der Waals surface area contributed by atoms with Crippen molar-refractivity contribution in [2.45, 2.75) is 87.5 Å². The lowest BCUT2D eigenvalue weighted by atomic mass is 9.52. The van der Waals surface area contributed by atoms with Gasteiger partial charge in [-0.3, -0.25) is 0 Å². The highest BCUT2D eigenvalue weighted by Crippen LogP contribution is 2.53. The summed E-state index contributed by atoms with van der Waals surface area (Å²) in [6.07, 6.45) is 2.24. The molecule has 0 saturated heterocycles. The maximum atomic E-state index is 2.48. The summed E-state index contributed by atoms with van der Waals surface area (Å²) >= 11 is 0. The van der Waals surface area contributed by atoms with Crippen molar-refractivity contribution < 1.29 is 0 Å². The van der Waals surface area contributed by atoms with Gasteiger partial charge in [-0.1, -0.05) is 74.4 Å². The van der Waals surface area contributed by atoms with Crippen LogP contribution in [0.25, 0.3) is 0 Å². The summed E-state index contributed by atoms with van der Waals surface area (Å²) in [6, 6.07) is 4.95. The van der Waals surface area contributed by atoms with Crippen LogP contribution in [0.1, 0.15) is 84.6 Å². The van der Waals surface area contributed by atoms with Gasteiger partial charge in [0.15, 0.2) is 0 Å². The topological polar surface area (TPSA) is 0 Å². The highest BCUT2D eigenvalue weighted by Gasteiger charge is 2.48. The van der Waals surface area contributed by atoms with E-state index in [2.05, 4.69) is 81.4 Å². The minimum Gasteiger partial charge on any atom is -0.0613 e. The average Bonchev–Trinajstić information content (AvgIpc) is 2.35. The largest absolute Gasteiger partial charge is 0.0613 e. The second-order valence-corrected chi connectivity index (χ2v) is 8.75. The number of aryl methyl sites for hydroxylation is 2. The molecule has 0 fully saturated rings. The third-order valence-corrected chi connectivity index (χ3v) is 5.96. The summed E-state index contributed by atoms with van der Waals surface area (Å²) in [5, 5.41) is 0. The van der Waals surface area contributed by atoms with Crippen molar-refractivity contribution in [3.63, 3.8) is 0 Å². The van der Waals surface area contributed by atoms with Crippen LogP contribution >= 0.6 is 0 Å². The predicted molar refractivity (Wildman–Crippen MR) is 96.2 cm³/mol. The Kier molecular flexibility index (Phi) is 5.03. The second-order valence-electron chi connectivity index (χ2n) is 8.75. The van der Waals surface area contributed by atoms with Crippen molar-refractivity contribution in [2.75, 3.05) is 0 Å². The van der Waals surface area contributed by atoms with Gasteiger partial charge in [0.05, 0.1) is 0 Å². The lowest BCUT2D eigenvalue weighted by Crippen LogP contribution is -2.48. The van der Waals surface area contributed by atoms with Crippen LogP contribution in [0.5, 0.6) is 0 Å². The number of rotatable bonds is 3. The van der Waals surface area contributed by atoms with Gasteiger partial charge in [-0.05, 0) is 52.8 Å². The standard InChI is InChI=1S/C21H36/c1-11-16-13-18(14-17(12-2)15(16)3)21(10,19(4,5)6)20(7,8)9/h13-14H,11-12H2,1-10H3. The quantitative estimate of drug-likeness (QED) is 0.598. The van der Waals surface area contributed by atoms with Gasteiger partial charge in [0, 0.05) is 5.41 Å². The first-order valence-electron chi connectivity index (χ1n) is 8.53. The van der Waals surface area contributed by atoms with E-state index in [-0.39, 0.29) is 16.2 Å². The monoisotopic (exact) mass is 288 g/mol. The molecule has 1 aromatic carbocycles. The molecule has 0 aromatic heterocycles.